The molecule has 1 amide bonds. The second-order valence-electron chi connectivity index (χ2n) is 6.65. The fourth-order valence-corrected chi connectivity index (χ4v) is 4.31. The zero-order valence-corrected chi connectivity index (χ0v) is 17.6. The number of nitrogens with one attached hydrogen (secondary N) is 1. The molecular weight excluding hydrogens is 423 g/mol. The Morgan fingerprint density at radius 1 is 1.29 bits per heavy atom. The maximum atomic E-state index is 13.0. The number of ether oxygens (including phenoxy) is 2. The molecule has 1 heterocycles. The second kappa shape index (κ2) is 9.58. The van der Waals surface area contributed by atoms with E-state index >= 15 is 0 Å². The maximum absolute atomic E-state index is 13.0. The van der Waals surface area contributed by atoms with Crippen molar-refractivity contribution in [2.45, 2.75) is 38.0 Å². The molecule has 1 aromatic carbocycles. The van der Waals surface area contributed by atoms with Gasteiger partial charge in [0.05, 0.1) is 28.5 Å². The lowest BCUT2D eigenvalue weighted by molar-refractivity contribution is -0.118. The number of hydrogen-bond acceptors (Lipinski definition) is 6. The molecule has 0 saturated heterocycles. The Labute approximate surface area is 177 Å². The number of benzene rings is 1. The summed E-state index contributed by atoms with van der Waals surface area (Å²) in [5.41, 5.74) is 0.821. The van der Waals surface area contributed by atoms with Gasteiger partial charge in [-0.15, -0.1) is 11.3 Å². The molecule has 1 aliphatic rings. The van der Waals surface area contributed by atoms with Crippen LogP contribution in [0.25, 0.3) is 0 Å². The van der Waals surface area contributed by atoms with E-state index in [0.29, 0.717) is 21.1 Å². The molecule has 0 spiro atoms. The molecule has 0 unspecified atom stereocenters. The van der Waals surface area contributed by atoms with Gasteiger partial charge in [0.2, 0.25) is 11.8 Å². The van der Waals surface area contributed by atoms with Gasteiger partial charge in [-0.1, -0.05) is 55.0 Å². The molecule has 0 radical (unpaired) electrons. The number of methoxy groups -OCH3 is 1. The van der Waals surface area contributed by atoms with Crippen molar-refractivity contribution in [1.82, 2.24) is 4.98 Å². The highest BCUT2D eigenvalue weighted by Gasteiger charge is 2.28. The first-order valence-corrected chi connectivity index (χ1v) is 10.6. The molecule has 0 aliphatic heterocycles. The summed E-state index contributed by atoms with van der Waals surface area (Å²) >= 11 is 13.4. The summed E-state index contributed by atoms with van der Waals surface area (Å²) in [6.45, 7) is 0. The van der Waals surface area contributed by atoms with Crippen molar-refractivity contribution in [3.8, 4) is 5.88 Å². The van der Waals surface area contributed by atoms with Crippen LogP contribution in [-0.2, 0) is 9.53 Å². The van der Waals surface area contributed by atoms with Crippen LogP contribution in [0.5, 0.6) is 5.88 Å². The Bertz CT molecular complexity index is 852. The molecule has 2 aromatic rings. The number of anilines is 1. The first-order chi connectivity index (χ1) is 13.5. The lowest BCUT2D eigenvalue weighted by Crippen LogP contribution is -2.23. The number of carbonyl (C=O) groups is 2. The van der Waals surface area contributed by atoms with Gasteiger partial charge in [-0.2, -0.15) is 4.98 Å². The van der Waals surface area contributed by atoms with E-state index in [9.17, 15) is 9.59 Å². The van der Waals surface area contributed by atoms with Crippen molar-refractivity contribution in [1.29, 1.82) is 0 Å². The van der Waals surface area contributed by atoms with Gasteiger partial charge in [0.15, 0.2) is 5.13 Å². The Balaban J connectivity index is 1.75. The monoisotopic (exact) mass is 442 g/mol. The molecule has 9 heteroatoms. The van der Waals surface area contributed by atoms with Gasteiger partial charge >= 0.3 is 6.16 Å². The third kappa shape index (κ3) is 5.37. The predicted molar refractivity (Wildman–Crippen MR) is 110 cm³/mol. The van der Waals surface area contributed by atoms with Crippen molar-refractivity contribution in [3.63, 3.8) is 0 Å². The van der Waals surface area contributed by atoms with Gasteiger partial charge in [-0.3, -0.25) is 4.79 Å². The first kappa shape index (κ1) is 20.9. The number of carbonyl (C=O) groups excluding carboxylic acids is 2. The molecule has 1 aromatic heterocycles. The summed E-state index contributed by atoms with van der Waals surface area (Å²) in [6.07, 6.45) is 4.51. The fourth-order valence-electron chi connectivity index (χ4n) is 3.39. The highest BCUT2D eigenvalue weighted by molar-refractivity contribution is 7.14. The standard InChI is InChI=1S/C19H20Cl2N2O4S/c1-26-19(25)27-16-10-28-18(22-16)23-17(24)13(8-11-4-2-3-5-11)12-6-7-14(20)15(21)9-12/h6-7,9-11,13H,2-5,8H2,1H3,(H,22,23,24)/t13-/m1/s1. The second-order valence-corrected chi connectivity index (χ2v) is 8.32. The first-order valence-electron chi connectivity index (χ1n) is 8.93. The van der Waals surface area contributed by atoms with Crippen LogP contribution < -0.4 is 10.1 Å². The summed E-state index contributed by atoms with van der Waals surface area (Å²) in [5, 5.41) is 5.57. The average Bonchev–Trinajstić information content (AvgIpc) is 3.34. The number of aromatic nitrogens is 1. The van der Waals surface area contributed by atoms with Gasteiger partial charge in [0.1, 0.15) is 0 Å². The van der Waals surface area contributed by atoms with Crippen LogP contribution in [0.4, 0.5) is 9.93 Å². The van der Waals surface area contributed by atoms with Crippen LogP contribution in [0.3, 0.4) is 0 Å². The molecular formula is C19H20Cl2N2O4S. The van der Waals surface area contributed by atoms with Crippen LogP contribution in [0, 0.1) is 5.92 Å². The van der Waals surface area contributed by atoms with E-state index in [1.807, 2.05) is 6.07 Å². The Morgan fingerprint density at radius 2 is 2.04 bits per heavy atom. The molecule has 28 heavy (non-hydrogen) atoms. The highest BCUT2D eigenvalue weighted by atomic mass is 35.5. The molecule has 1 N–H and O–H groups in total. The number of amides is 1. The van der Waals surface area contributed by atoms with Crippen LogP contribution in [-0.4, -0.2) is 24.2 Å². The van der Waals surface area contributed by atoms with Gasteiger partial charge < -0.3 is 14.8 Å². The van der Waals surface area contributed by atoms with E-state index in [1.165, 1.54) is 36.7 Å². The minimum absolute atomic E-state index is 0.0778. The zero-order valence-electron chi connectivity index (χ0n) is 15.2. The van der Waals surface area contributed by atoms with Crippen molar-refractivity contribution >= 4 is 51.7 Å². The van der Waals surface area contributed by atoms with Gasteiger partial charge in [0, 0.05) is 0 Å². The van der Waals surface area contributed by atoms with Gasteiger partial charge in [-0.05, 0) is 30.0 Å². The van der Waals surface area contributed by atoms with Crippen molar-refractivity contribution < 1.29 is 19.1 Å². The van der Waals surface area contributed by atoms with Crippen molar-refractivity contribution in [2.24, 2.45) is 5.92 Å². The van der Waals surface area contributed by atoms with Crippen LogP contribution in [0.15, 0.2) is 23.6 Å². The molecule has 6 nitrogen and oxygen atoms in total. The summed E-state index contributed by atoms with van der Waals surface area (Å²) in [4.78, 5) is 28.3. The third-order valence-electron chi connectivity index (χ3n) is 4.77. The van der Waals surface area contributed by atoms with Crippen LogP contribution in [0.2, 0.25) is 10.0 Å². The summed E-state index contributed by atoms with van der Waals surface area (Å²) < 4.78 is 9.29. The summed E-state index contributed by atoms with van der Waals surface area (Å²) in [5.74, 6) is 0.0322. The minimum atomic E-state index is -0.863. The van der Waals surface area contributed by atoms with E-state index in [-0.39, 0.29) is 17.7 Å². The molecule has 1 atom stereocenters. The molecule has 1 fully saturated rings. The summed E-state index contributed by atoms with van der Waals surface area (Å²) in [6, 6.07) is 5.29. The lowest BCUT2D eigenvalue weighted by atomic mass is 9.87. The van der Waals surface area contributed by atoms with E-state index in [4.69, 9.17) is 27.9 Å². The highest BCUT2D eigenvalue weighted by Crippen LogP contribution is 2.37. The lowest BCUT2D eigenvalue weighted by Gasteiger charge is -2.20. The Hall–Kier alpha value is -1.83. The maximum Gasteiger partial charge on any atom is 0.514 e. The van der Waals surface area contributed by atoms with Crippen LogP contribution in [0.1, 0.15) is 43.6 Å². The minimum Gasteiger partial charge on any atom is -0.437 e. The average molecular weight is 443 g/mol. The van der Waals surface area contributed by atoms with Crippen molar-refractivity contribution in [3.05, 3.63) is 39.2 Å². The van der Waals surface area contributed by atoms with Crippen molar-refractivity contribution in [2.75, 3.05) is 12.4 Å². The van der Waals surface area contributed by atoms with E-state index < -0.39 is 6.16 Å². The molecule has 0 bridgehead atoms. The van der Waals surface area contributed by atoms with Gasteiger partial charge in [-0.25, -0.2) is 4.79 Å². The fraction of sp³-hybridized carbons (Fsp3) is 0.421. The number of nitrogens with zero attached hydrogens (tertiary/aromatic N) is 1. The summed E-state index contributed by atoms with van der Waals surface area (Å²) in [7, 11) is 1.21. The topological polar surface area (TPSA) is 77.5 Å². The molecule has 3 rings (SSSR count). The molecule has 150 valence electrons. The quantitative estimate of drug-likeness (QED) is 0.563. The van der Waals surface area contributed by atoms with Crippen LogP contribution >= 0.6 is 34.5 Å². The SMILES string of the molecule is COC(=O)Oc1csc(NC(=O)[C@H](CC2CCCC2)c2ccc(Cl)c(Cl)c2)n1. The zero-order chi connectivity index (χ0) is 20.1. The number of thiazole rings is 1. The van der Waals surface area contributed by atoms with Gasteiger partial charge in [0.25, 0.3) is 0 Å². The number of rotatable bonds is 6. The van der Waals surface area contributed by atoms with E-state index in [0.717, 1.165) is 24.8 Å². The number of halogens is 2. The largest absolute Gasteiger partial charge is 0.514 e. The normalized spacial score (nSPS) is 15.2. The Morgan fingerprint density at radius 3 is 2.71 bits per heavy atom. The van der Waals surface area contributed by atoms with E-state index in [1.54, 1.807) is 12.1 Å². The number of hydrogen-bond donors (Lipinski definition) is 1. The molecule has 1 saturated carbocycles. The third-order valence-corrected chi connectivity index (χ3v) is 6.25. The molecule has 1 aliphatic carbocycles. The Kier molecular flexibility index (Phi) is 7.15. The van der Waals surface area contributed by atoms with E-state index in [2.05, 4.69) is 15.0 Å². The smallest absolute Gasteiger partial charge is 0.437 e. The predicted octanol–water partition coefficient (Wildman–Crippen LogP) is 5.90.